The van der Waals surface area contributed by atoms with Crippen LogP contribution >= 0.6 is 0 Å². The third kappa shape index (κ3) is 6.45. The molecule has 206 valence electrons. The fourth-order valence-corrected chi connectivity index (χ4v) is 4.11. The number of carbonyl (C=O) groups excluding carboxylic acids is 4. The Morgan fingerprint density at radius 2 is 1.29 bits per heavy atom. The molecule has 0 spiro atoms. The molecule has 0 aliphatic carbocycles. The number of hydrogen-bond acceptors (Lipinski definition) is 6. The van der Waals surface area contributed by atoms with E-state index in [0.29, 0.717) is 33.5 Å². The Morgan fingerprint density at radius 1 is 0.683 bits per heavy atom. The molecule has 7 nitrogen and oxygen atoms in total. The predicted octanol–water partition coefficient (Wildman–Crippen LogP) is 6.08. The number of anilines is 1. The Balaban J connectivity index is 1.55. The van der Waals surface area contributed by atoms with E-state index in [1.807, 2.05) is 0 Å². The second kappa shape index (κ2) is 12.7. The zero-order valence-electron chi connectivity index (χ0n) is 22.6. The smallest absolute Gasteiger partial charge is 0.338 e. The minimum Gasteiger partial charge on any atom is -0.465 e. The van der Waals surface area contributed by atoms with E-state index in [-0.39, 0.29) is 22.9 Å². The van der Waals surface area contributed by atoms with Crippen LogP contribution in [0.1, 0.15) is 58.1 Å². The summed E-state index contributed by atoms with van der Waals surface area (Å²) in [6.07, 6.45) is 3.22. The van der Waals surface area contributed by atoms with Crippen LogP contribution in [0.2, 0.25) is 0 Å². The first-order valence-electron chi connectivity index (χ1n) is 12.5. The van der Waals surface area contributed by atoms with E-state index in [1.165, 1.54) is 61.6 Å². The SMILES string of the molecule is COC(=O)c1ccc(C(=O)N(C)c2ccc(C(=O)c3ccc(C=Cc4ccccc4F)cc3C(=O)OC)cc2)cc1. The molecule has 0 atom stereocenters. The lowest BCUT2D eigenvalue weighted by molar-refractivity contribution is 0.0590. The highest BCUT2D eigenvalue weighted by atomic mass is 19.1. The molecule has 0 N–H and O–H groups in total. The maximum absolute atomic E-state index is 14.0. The number of methoxy groups -OCH3 is 2. The minimum absolute atomic E-state index is 0.0694. The van der Waals surface area contributed by atoms with E-state index in [0.717, 1.165) is 0 Å². The Kier molecular flexibility index (Phi) is 8.84. The van der Waals surface area contributed by atoms with Crippen LogP contribution in [0.5, 0.6) is 0 Å². The zero-order valence-corrected chi connectivity index (χ0v) is 22.6. The number of ether oxygens (including phenoxy) is 2. The van der Waals surface area contributed by atoms with Gasteiger partial charge in [-0.1, -0.05) is 36.4 Å². The number of hydrogen-bond donors (Lipinski definition) is 0. The van der Waals surface area contributed by atoms with Crippen LogP contribution in [-0.2, 0) is 9.47 Å². The van der Waals surface area contributed by atoms with Crippen molar-refractivity contribution in [3.63, 3.8) is 0 Å². The van der Waals surface area contributed by atoms with Gasteiger partial charge in [-0.2, -0.15) is 0 Å². The number of esters is 2. The topological polar surface area (TPSA) is 90.0 Å². The largest absolute Gasteiger partial charge is 0.465 e. The van der Waals surface area contributed by atoms with E-state index in [1.54, 1.807) is 67.7 Å². The molecule has 0 saturated heterocycles. The summed E-state index contributed by atoms with van der Waals surface area (Å²) in [6.45, 7) is 0. The molecule has 0 aliphatic heterocycles. The molecule has 8 heteroatoms. The van der Waals surface area contributed by atoms with Crippen molar-refractivity contribution in [3.8, 4) is 0 Å². The monoisotopic (exact) mass is 551 g/mol. The van der Waals surface area contributed by atoms with Crippen LogP contribution in [0.3, 0.4) is 0 Å². The Bertz CT molecular complexity index is 1640. The van der Waals surface area contributed by atoms with E-state index < -0.39 is 17.7 Å². The average Bonchev–Trinajstić information content (AvgIpc) is 3.02. The Hall–Kier alpha value is -5.37. The fraction of sp³-hybridized carbons (Fsp3) is 0.0909. The number of amides is 1. The standard InChI is InChI=1S/C33H26FNO6/c1-35(31(37)24-11-13-25(14-12-24)32(38)40-2)26-17-15-23(16-18-26)30(36)27-19-9-21(20-28(27)33(39)41-3)8-10-22-6-4-5-7-29(22)34/h4-20H,1-3H3. The zero-order chi connectivity index (χ0) is 29.5. The maximum Gasteiger partial charge on any atom is 0.338 e. The maximum atomic E-state index is 14.0. The van der Waals surface area contributed by atoms with Gasteiger partial charge in [-0.3, -0.25) is 9.59 Å². The van der Waals surface area contributed by atoms with Gasteiger partial charge in [0.1, 0.15) is 5.82 Å². The van der Waals surface area contributed by atoms with Gasteiger partial charge in [-0.15, -0.1) is 0 Å². The van der Waals surface area contributed by atoms with Crippen molar-refractivity contribution >= 4 is 41.5 Å². The Morgan fingerprint density at radius 3 is 1.93 bits per heavy atom. The van der Waals surface area contributed by atoms with Crippen molar-refractivity contribution in [2.45, 2.75) is 0 Å². The summed E-state index contributed by atoms with van der Waals surface area (Å²) in [4.78, 5) is 51.9. The second-order valence-electron chi connectivity index (χ2n) is 8.96. The van der Waals surface area contributed by atoms with E-state index in [9.17, 15) is 23.6 Å². The highest BCUT2D eigenvalue weighted by molar-refractivity contribution is 6.15. The lowest BCUT2D eigenvalue weighted by Gasteiger charge is -2.18. The molecule has 0 saturated carbocycles. The predicted molar refractivity (Wildman–Crippen MR) is 153 cm³/mol. The Labute approximate surface area is 236 Å². The van der Waals surface area contributed by atoms with Crippen LogP contribution in [0, 0.1) is 5.82 Å². The summed E-state index contributed by atoms with van der Waals surface area (Å²) in [5, 5.41) is 0. The summed E-state index contributed by atoms with van der Waals surface area (Å²) in [5.41, 5.74) is 2.71. The van der Waals surface area contributed by atoms with Gasteiger partial charge < -0.3 is 14.4 Å². The highest BCUT2D eigenvalue weighted by Crippen LogP contribution is 2.23. The van der Waals surface area contributed by atoms with Gasteiger partial charge in [0.25, 0.3) is 5.91 Å². The normalized spacial score (nSPS) is 10.7. The fourth-order valence-electron chi connectivity index (χ4n) is 4.11. The van der Waals surface area contributed by atoms with Crippen molar-refractivity contribution < 1.29 is 33.0 Å². The highest BCUT2D eigenvalue weighted by Gasteiger charge is 2.21. The molecule has 0 radical (unpaired) electrons. The van der Waals surface area contributed by atoms with Crippen molar-refractivity contribution in [3.05, 3.63) is 136 Å². The van der Waals surface area contributed by atoms with Crippen LogP contribution in [0.15, 0.2) is 91.0 Å². The van der Waals surface area contributed by atoms with E-state index in [4.69, 9.17) is 4.74 Å². The van der Waals surface area contributed by atoms with Gasteiger partial charge in [0.15, 0.2) is 5.78 Å². The molecular formula is C33H26FNO6. The van der Waals surface area contributed by atoms with Crippen LogP contribution in [0.4, 0.5) is 10.1 Å². The number of rotatable bonds is 8. The molecular weight excluding hydrogens is 525 g/mol. The molecule has 0 aliphatic rings. The lowest BCUT2D eigenvalue weighted by atomic mass is 9.96. The van der Waals surface area contributed by atoms with Crippen LogP contribution < -0.4 is 4.90 Å². The molecule has 41 heavy (non-hydrogen) atoms. The van der Waals surface area contributed by atoms with Crippen molar-refractivity contribution in [1.82, 2.24) is 0 Å². The summed E-state index contributed by atoms with van der Waals surface area (Å²) < 4.78 is 23.5. The number of carbonyl (C=O) groups is 4. The number of ketones is 1. The third-order valence-corrected chi connectivity index (χ3v) is 6.43. The quantitative estimate of drug-likeness (QED) is 0.150. The molecule has 4 aromatic carbocycles. The summed E-state index contributed by atoms with van der Waals surface area (Å²) in [6, 6.07) is 23.4. The molecule has 1 amide bonds. The van der Waals surface area contributed by atoms with E-state index in [2.05, 4.69) is 4.74 Å². The molecule has 0 unspecified atom stereocenters. The first-order valence-corrected chi connectivity index (χ1v) is 12.5. The van der Waals surface area contributed by atoms with Crippen molar-refractivity contribution in [2.75, 3.05) is 26.2 Å². The van der Waals surface area contributed by atoms with E-state index >= 15 is 0 Å². The first kappa shape index (κ1) is 28.6. The number of benzene rings is 4. The van der Waals surface area contributed by atoms with Gasteiger partial charge in [0, 0.05) is 35.0 Å². The first-order chi connectivity index (χ1) is 19.7. The number of halogens is 1. The number of nitrogens with zero attached hydrogens (tertiary/aromatic N) is 1. The lowest BCUT2D eigenvalue weighted by Crippen LogP contribution is -2.26. The van der Waals surface area contributed by atoms with Crippen LogP contribution in [-0.4, -0.2) is 44.9 Å². The molecule has 0 fully saturated rings. The van der Waals surface area contributed by atoms with Crippen LogP contribution in [0.25, 0.3) is 12.2 Å². The molecule has 4 rings (SSSR count). The third-order valence-electron chi connectivity index (χ3n) is 6.43. The summed E-state index contributed by atoms with van der Waals surface area (Å²) in [7, 11) is 4.10. The summed E-state index contributed by atoms with van der Waals surface area (Å²) >= 11 is 0. The molecule has 0 bridgehead atoms. The van der Waals surface area contributed by atoms with Crippen molar-refractivity contribution in [1.29, 1.82) is 0 Å². The van der Waals surface area contributed by atoms with Gasteiger partial charge in [-0.25, -0.2) is 14.0 Å². The van der Waals surface area contributed by atoms with Crippen molar-refractivity contribution in [2.24, 2.45) is 0 Å². The second-order valence-corrected chi connectivity index (χ2v) is 8.96. The van der Waals surface area contributed by atoms with Gasteiger partial charge in [0.2, 0.25) is 0 Å². The van der Waals surface area contributed by atoms with Gasteiger partial charge >= 0.3 is 11.9 Å². The minimum atomic E-state index is -0.686. The average molecular weight is 552 g/mol. The molecule has 0 heterocycles. The molecule has 4 aromatic rings. The van der Waals surface area contributed by atoms with Gasteiger partial charge in [-0.05, 0) is 72.3 Å². The van der Waals surface area contributed by atoms with Gasteiger partial charge in [0.05, 0.1) is 25.3 Å². The summed E-state index contributed by atoms with van der Waals surface area (Å²) in [5.74, 6) is -2.28. The molecule has 0 aromatic heterocycles.